The summed E-state index contributed by atoms with van der Waals surface area (Å²) in [7, 11) is 0. The number of rotatable bonds is 22. The fourth-order valence-corrected chi connectivity index (χ4v) is 5.36. The van der Waals surface area contributed by atoms with Gasteiger partial charge in [0.15, 0.2) is 11.6 Å². The first-order chi connectivity index (χ1) is 23.6. The molecule has 0 heterocycles. The molecule has 49 heavy (non-hydrogen) atoms. The summed E-state index contributed by atoms with van der Waals surface area (Å²) in [4.78, 5) is 49.4. The minimum Gasteiger partial charge on any atom is -0.350 e. The molecule has 2 aromatic carbocycles. The van der Waals surface area contributed by atoms with Crippen molar-refractivity contribution in [1.29, 1.82) is 0 Å². The number of ether oxygens (including phenoxy) is 1. The van der Waals surface area contributed by atoms with Crippen LogP contribution in [0.2, 0.25) is 0 Å². The zero-order chi connectivity index (χ0) is 36.0. The molecule has 260 valence electrons. The highest BCUT2D eigenvalue weighted by atomic mass is 16.5. The number of aldehydes is 2. The van der Waals surface area contributed by atoms with Crippen molar-refractivity contribution in [3.8, 4) is 0 Å². The Labute approximate surface area is 294 Å². The van der Waals surface area contributed by atoms with Gasteiger partial charge in [0.1, 0.15) is 24.8 Å². The lowest BCUT2D eigenvalue weighted by Gasteiger charge is -2.25. The van der Waals surface area contributed by atoms with Crippen molar-refractivity contribution in [3.63, 3.8) is 0 Å². The zero-order valence-electron chi connectivity index (χ0n) is 30.2. The summed E-state index contributed by atoms with van der Waals surface area (Å²) in [6, 6.07) is 18.2. The number of allylic oxidation sites excluding steroid dienone is 10. The van der Waals surface area contributed by atoms with Crippen molar-refractivity contribution in [1.82, 2.24) is 0 Å². The first-order valence-corrected chi connectivity index (χ1v) is 17.3. The molecule has 5 heteroatoms. The summed E-state index contributed by atoms with van der Waals surface area (Å²) in [5.41, 5.74) is 7.18. The second kappa shape index (κ2) is 23.0. The third kappa shape index (κ3) is 15.5. The predicted molar refractivity (Wildman–Crippen MR) is 202 cm³/mol. The monoisotopic (exact) mass is 662 g/mol. The number of carbonyl (C=O) groups is 4. The molecule has 0 radical (unpaired) electrons. The Bertz CT molecular complexity index is 1430. The fourth-order valence-electron chi connectivity index (χ4n) is 5.36. The van der Waals surface area contributed by atoms with Crippen molar-refractivity contribution in [2.75, 3.05) is 0 Å². The van der Waals surface area contributed by atoms with Crippen LogP contribution in [0.25, 0.3) is 0 Å². The van der Waals surface area contributed by atoms with E-state index in [9.17, 15) is 19.2 Å². The molecule has 0 saturated carbocycles. The first-order valence-electron chi connectivity index (χ1n) is 17.3. The quantitative estimate of drug-likeness (QED) is 0.0543. The van der Waals surface area contributed by atoms with Gasteiger partial charge in [-0.1, -0.05) is 107 Å². The molecule has 2 rings (SSSR count). The lowest BCUT2D eigenvalue weighted by molar-refractivity contribution is -0.104. The Morgan fingerprint density at radius 3 is 1.18 bits per heavy atom. The molecule has 0 saturated heterocycles. The van der Waals surface area contributed by atoms with Gasteiger partial charge in [0.05, 0.1) is 0 Å². The molecule has 2 unspecified atom stereocenters. The summed E-state index contributed by atoms with van der Waals surface area (Å²) in [5.74, 6) is -0.370. The fraction of sp³-hybridized carbons (Fsp3) is 0.364. The van der Waals surface area contributed by atoms with E-state index in [4.69, 9.17) is 4.74 Å². The number of hydrogen-bond donors (Lipinski definition) is 0. The van der Waals surface area contributed by atoms with Crippen molar-refractivity contribution >= 4 is 24.1 Å². The lowest BCUT2D eigenvalue weighted by Crippen LogP contribution is -2.36. The van der Waals surface area contributed by atoms with Crippen LogP contribution < -0.4 is 0 Å². The topological polar surface area (TPSA) is 77.5 Å². The molecule has 0 spiro atoms. The van der Waals surface area contributed by atoms with E-state index in [1.165, 1.54) is 11.1 Å². The van der Waals surface area contributed by atoms with Crippen molar-refractivity contribution in [2.45, 2.75) is 105 Å². The SMILES string of the molecule is CC(=CC=O)CCC=C(C)CCC=C(C)C(OC(C(=O)c1ccccc1)C(C)=CCCC(C)=CCCC(C)=CC=O)C(=O)c1ccccc1. The zero-order valence-corrected chi connectivity index (χ0v) is 30.2. The Morgan fingerprint density at radius 2 is 0.837 bits per heavy atom. The van der Waals surface area contributed by atoms with E-state index in [0.717, 1.165) is 86.2 Å². The van der Waals surface area contributed by atoms with Gasteiger partial charge in [-0.2, -0.15) is 0 Å². The molecule has 5 nitrogen and oxygen atoms in total. The van der Waals surface area contributed by atoms with Crippen molar-refractivity contribution in [2.24, 2.45) is 0 Å². The van der Waals surface area contributed by atoms with E-state index >= 15 is 0 Å². The van der Waals surface area contributed by atoms with Crippen LogP contribution in [-0.4, -0.2) is 36.3 Å². The molecular formula is C44H54O5. The molecule has 0 fully saturated rings. The molecule has 2 atom stereocenters. The van der Waals surface area contributed by atoms with Gasteiger partial charge in [-0.3, -0.25) is 19.2 Å². The van der Waals surface area contributed by atoms with Gasteiger partial charge < -0.3 is 4.74 Å². The van der Waals surface area contributed by atoms with Gasteiger partial charge in [-0.25, -0.2) is 0 Å². The summed E-state index contributed by atoms with van der Waals surface area (Å²) in [6.45, 7) is 11.9. The maximum atomic E-state index is 14.0. The highest BCUT2D eigenvalue weighted by molar-refractivity contribution is 6.03. The molecule has 0 aromatic heterocycles. The minimum atomic E-state index is -0.937. The molecule has 0 aliphatic heterocycles. The number of hydrogen-bond acceptors (Lipinski definition) is 5. The third-order valence-electron chi connectivity index (χ3n) is 8.47. The summed E-state index contributed by atoms with van der Waals surface area (Å²) in [5, 5.41) is 0. The van der Waals surface area contributed by atoms with Crippen LogP contribution in [0.15, 0.2) is 131 Å². The Hall–Kier alpha value is -4.48. The maximum Gasteiger partial charge on any atom is 0.195 e. The number of Topliss-reactive ketones (excluding diaryl/α,β-unsaturated/α-hetero) is 2. The standard InChI is InChI=1S/C44H54O5/c1-33(17-13-19-35(3)29-31-45)21-15-23-37(5)43(41(47)39-25-9-7-10-26-39)49-44(42(48)40-27-11-8-12-28-40)38(6)24-16-22-34(2)18-14-20-36(4)30-32-46/h7-12,17-18,23-32,43-44H,13-16,19-22H2,1-6H3. The van der Waals surface area contributed by atoms with Crippen LogP contribution in [0.1, 0.15) is 114 Å². The molecular weight excluding hydrogens is 608 g/mol. The van der Waals surface area contributed by atoms with Crippen LogP contribution in [0.4, 0.5) is 0 Å². The number of carbonyl (C=O) groups excluding carboxylic acids is 4. The van der Waals surface area contributed by atoms with Gasteiger partial charge in [0, 0.05) is 11.1 Å². The molecule has 0 bridgehead atoms. The summed E-state index contributed by atoms with van der Waals surface area (Å²) in [6.07, 6.45) is 18.0. The minimum absolute atomic E-state index is 0.185. The predicted octanol–water partition coefficient (Wildman–Crippen LogP) is 10.7. The smallest absolute Gasteiger partial charge is 0.195 e. The van der Waals surface area contributed by atoms with Crippen molar-refractivity contribution in [3.05, 3.63) is 142 Å². The van der Waals surface area contributed by atoms with Crippen LogP contribution in [0.5, 0.6) is 0 Å². The van der Waals surface area contributed by atoms with E-state index < -0.39 is 12.2 Å². The van der Waals surface area contributed by atoms with Gasteiger partial charge in [-0.05, 0) is 116 Å². The Kier molecular flexibility index (Phi) is 19.1. The van der Waals surface area contributed by atoms with E-state index in [-0.39, 0.29) is 11.6 Å². The second-order valence-corrected chi connectivity index (χ2v) is 12.8. The second-order valence-electron chi connectivity index (χ2n) is 12.8. The number of benzene rings is 2. The summed E-state index contributed by atoms with van der Waals surface area (Å²) >= 11 is 0. The Morgan fingerprint density at radius 1 is 0.510 bits per heavy atom. The van der Waals surface area contributed by atoms with E-state index in [1.807, 2.05) is 76.2 Å². The normalized spacial score (nSPS) is 14.7. The van der Waals surface area contributed by atoms with Crippen LogP contribution in [0.3, 0.4) is 0 Å². The van der Waals surface area contributed by atoms with Gasteiger partial charge in [0.25, 0.3) is 0 Å². The number of ketones is 2. The molecule has 0 aliphatic carbocycles. The van der Waals surface area contributed by atoms with Gasteiger partial charge in [0.2, 0.25) is 0 Å². The van der Waals surface area contributed by atoms with Crippen LogP contribution >= 0.6 is 0 Å². The van der Waals surface area contributed by atoms with Crippen molar-refractivity contribution < 1.29 is 23.9 Å². The Balaban J connectivity index is 2.33. The maximum absolute atomic E-state index is 14.0. The third-order valence-corrected chi connectivity index (χ3v) is 8.47. The first kappa shape index (κ1) is 40.7. The van der Waals surface area contributed by atoms with E-state index in [1.54, 1.807) is 36.4 Å². The van der Waals surface area contributed by atoms with E-state index in [0.29, 0.717) is 11.1 Å². The van der Waals surface area contributed by atoms with E-state index in [2.05, 4.69) is 26.0 Å². The largest absolute Gasteiger partial charge is 0.350 e. The van der Waals surface area contributed by atoms with Crippen LogP contribution in [-0.2, 0) is 14.3 Å². The summed E-state index contributed by atoms with van der Waals surface area (Å²) < 4.78 is 6.62. The van der Waals surface area contributed by atoms with Crippen LogP contribution in [0, 0.1) is 0 Å². The highest BCUT2D eigenvalue weighted by Gasteiger charge is 2.31. The van der Waals surface area contributed by atoms with Gasteiger partial charge >= 0.3 is 0 Å². The lowest BCUT2D eigenvalue weighted by atomic mass is 9.96. The average Bonchev–Trinajstić information content (AvgIpc) is 3.09. The molecule has 0 N–H and O–H groups in total. The van der Waals surface area contributed by atoms with Gasteiger partial charge in [-0.15, -0.1) is 0 Å². The molecule has 0 amide bonds. The molecule has 0 aliphatic rings. The average molecular weight is 663 g/mol. The molecule has 2 aromatic rings. The highest BCUT2D eigenvalue weighted by Crippen LogP contribution is 2.24.